The molecule has 0 radical (unpaired) electrons. The highest BCUT2D eigenvalue weighted by Gasteiger charge is 2.05. The predicted molar refractivity (Wildman–Crippen MR) is 91.0 cm³/mol. The summed E-state index contributed by atoms with van der Waals surface area (Å²) in [6, 6.07) is 12.7. The van der Waals surface area contributed by atoms with Crippen molar-refractivity contribution in [2.24, 2.45) is 0 Å². The van der Waals surface area contributed by atoms with Crippen LogP contribution in [-0.2, 0) is 11.3 Å². The van der Waals surface area contributed by atoms with Crippen LogP contribution in [-0.4, -0.2) is 20.7 Å². The zero-order valence-electron chi connectivity index (χ0n) is 13.3. The minimum atomic E-state index is -0.0712. The first-order valence-electron chi connectivity index (χ1n) is 7.67. The molecule has 3 aromatic rings. The van der Waals surface area contributed by atoms with Crippen molar-refractivity contribution in [2.75, 3.05) is 5.32 Å². The van der Waals surface area contributed by atoms with Gasteiger partial charge in [0.05, 0.1) is 6.20 Å². The molecular formula is C18H18N4O2. The topological polar surface area (TPSA) is 69.0 Å². The maximum atomic E-state index is 12.1. The lowest BCUT2D eigenvalue weighted by Crippen LogP contribution is -2.14. The van der Waals surface area contributed by atoms with Crippen molar-refractivity contribution in [3.8, 4) is 11.6 Å². The van der Waals surface area contributed by atoms with Gasteiger partial charge in [0.1, 0.15) is 5.75 Å². The molecule has 3 rings (SSSR count). The Morgan fingerprint density at radius 3 is 2.92 bits per heavy atom. The van der Waals surface area contributed by atoms with Crippen LogP contribution in [0, 0.1) is 6.92 Å². The maximum absolute atomic E-state index is 12.1. The van der Waals surface area contributed by atoms with Gasteiger partial charge in [-0.2, -0.15) is 5.10 Å². The van der Waals surface area contributed by atoms with Crippen molar-refractivity contribution in [3.63, 3.8) is 0 Å². The van der Waals surface area contributed by atoms with Crippen molar-refractivity contribution in [3.05, 3.63) is 66.6 Å². The number of carbonyl (C=O) groups excluding carboxylic acids is 1. The largest absolute Gasteiger partial charge is 0.439 e. The van der Waals surface area contributed by atoms with Crippen LogP contribution in [0.15, 0.2) is 61.1 Å². The van der Waals surface area contributed by atoms with E-state index in [4.69, 9.17) is 4.74 Å². The number of nitrogens with zero attached hydrogens (tertiary/aromatic N) is 3. The third-order valence-corrected chi connectivity index (χ3v) is 3.31. The SMILES string of the molecule is Cc1cnn(CCC(=O)Nc2cccc(Oc3ccccn3)c2)c1. The fourth-order valence-corrected chi connectivity index (χ4v) is 2.19. The Balaban J connectivity index is 1.56. The molecule has 0 unspecified atom stereocenters. The second-order valence-electron chi connectivity index (χ2n) is 5.38. The van der Waals surface area contributed by atoms with E-state index in [1.165, 1.54) is 0 Å². The van der Waals surface area contributed by atoms with Crippen LogP contribution in [0.3, 0.4) is 0 Å². The highest BCUT2D eigenvalue weighted by atomic mass is 16.5. The minimum absolute atomic E-state index is 0.0712. The molecule has 0 saturated carbocycles. The van der Waals surface area contributed by atoms with E-state index in [-0.39, 0.29) is 5.91 Å². The first kappa shape index (κ1) is 15.7. The summed E-state index contributed by atoms with van der Waals surface area (Å²) in [7, 11) is 0. The van der Waals surface area contributed by atoms with Crippen molar-refractivity contribution in [1.82, 2.24) is 14.8 Å². The zero-order valence-corrected chi connectivity index (χ0v) is 13.3. The number of rotatable bonds is 6. The fraction of sp³-hybridized carbons (Fsp3) is 0.167. The van der Waals surface area contributed by atoms with Gasteiger partial charge in [0, 0.05) is 43.2 Å². The number of anilines is 1. The fourth-order valence-electron chi connectivity index (χ4n) is 2.19. The third-order valence-electron chi connectivity index (χ3n) is 3.31. The van der Waals surface area contributed by atoms with E-state index >= 15 is 0 Å². The van der Waals surface area contributed by atoms with Gasteiger partial charge in [0.2, 0.25) is 11.8 Å². The Labute approximate surface area is 140 Å². The van der Waals surface area contributed by atoms with E-state index in [0.29, 0.717) is 30.3 Å². The molecule has 0 fully saturated rings. The van der Waals surface area contributed by atoms with Gasteiger partial charge in [0.25, 0.3) is 0 Å². The van der Waals surface area contributed by atoms with Crippen molar-refractivity contribution >= 4 is 11.6 Å². The standard InChI is InChI=1S/C18H18N4O2/c1-14-12-20-22(13-14)10-8-17(23)21-15-5-4-6-16(11-15)24-18-7-2-3-9-19-18/h2-7,9,11-13H,8,10H2,1H3,(H,21,23). The Bertz CT molecular complexity index is 815. The van der Waals surface area contributed by atoms with E-state index in [0.717, 1.165) is 5.56 Å². The molecule has 1 N–H and O–H groups in total. The normalized spacial score (nSPS) is 10.4. The van der Waals surface area contributed by atoms with E-state index in [1.807, 2.05) is 43.5 Å². The first-order valence-corrected chi connectivity index (χ1v) is 7.67. The summed E-state index contributed by atoms with van der Waals surface area (Å²) >= 11 is 0. The number of nitrogens with one attached hydrogen (secondary N) is 1. The Morgan fingerprint density at radius 1 is 1.25 bits per heavy atom. The number of hydrogen-bond acceptors (Lipinski definition) is 4. The zero-order chi connectivity index (χ0) is 16.8. The average molecular weight is 322 g/mol. The highest BCUT2D eigenvalue weighted by molar-refractivity contribution is 5.90. The molecule has 1 amide bonds. The monoisotopic (exact) mass is 322 g/mol. The van der Waals surface area contributed by atoms with Gasteiger partial charge < -0.3 is 10.1 Å². The van der Waals surface area contributed by atoms with Gasteiger partial charge in [-0.3, -0.25) is 9.48 Å². The summed E-state index contributed by atoms with van der Waals surface area (Å²) in [5.74, 6) is 1.06. The number of pyridine rings is 1. The number of ether oxygens (including phenoxy) is 1. The van der Waals surface area contributed by atoms with Crippen LogP contribution in [0.5, 0.6) is 11.6 Å². The third kappa shape index (κ3) is 4.42. The van der Waals surface area contributed by atoms with Crippen molar-refractivity contribution in [1.29, 1.82) is 0 Å². The van der Waals surface area contributed by atoms with Crippen LogP contribution in [0.4, 0.5) is 5.69 Å². The number of hydrogen-bond donors (Lipinski definition) is 1. The average Bonchev–Trinajstić information content (AvgIpc) is 3.00. The number of benzene rings is 1. The molecule has 0 aliphatic carbocycles. The highest BCUT2D eigenvalue weighted by Crippen LogP contribution is 2.22. The molecule has 1 aromatic carbocycles. The van der Waals surface area contributed by atoms with Gasteiger partial charge in [-0.25, -0.2) is 4.98 Å². The smallest absolute Gasteiger partial charge is 0.226 e. The van der Waals surface area contributed by atoms with E-state index in [9.17, 15) is 4.79 Å². The molecule has 122 valence electrons. The molecule has 0 atom stereocenters. The molecule has 0 saturated heterocycles. The van der Waals surface area contributed by atoms with E-state index in [2.05, 4.69) is 15.4 Å². The summed E-state index contributed by atoms with van der Waals surface area (Å²) in [5, 5.41) is 7.03. The molecule has 24 heavy (non-hydrogen) atoms. The summed E-state index contributed by atoms with van der Waals surface area (Å²) in [6.07, 6.45) is 5.70. The molecule has 6 nitrogen and oxygen atoms in total. The second-order valence-corrected chi connectivity index (χ2v) is 5.38. The maximum Gasteiger partial charge on any atom is 0.226 e. The molecule has 0 spiro atoms. The van der Waals surface area contributed by atoms with Crippen LogP contribution >= 0.6 is 0 Å². The van der Waals surface area contributed by atoms with Crippen molar-refractivity contribution in [2.45, 2.75) is 19.9 Å². The van der Waals surface area contributed by atoms with Crippen molar-refractivity contribution < 1.29 is 9.53 Å². The summed E-state index contributed by atoms with van der Waals surface area (Å²) < 4.78 is 7.42. The molecular weight excluding hydrogens is 304 g/mol. The number of carbonyl (C=O) groups is 1. The Kier molecular flexibility index (Phi) is 4.86. The second kappa shape index (κ2) is 7.41. The van der Waals surface area contributed by atoms with Gasteiger partial charge in [-0.05, 0) is 30.7 Å². The number of aromatic nitrogens is 3. The van der Waals surface area contributed by atoms with Gasteiger partial charge in [-0.15, -0.1) is 0 Å². The van der Waals surface area contributed by atoms with E-state index in [1.54, 1.807) is 29.2 Å². The van der Waals surface area contributed by atoms with Gasteiger partial charge >= 0.3 is 0 Å². The molecule has 2 aromatic heterocycles. The quantitative estimate of drug-likeness (QED) is 0.755. The Hall–Kier alpha value is -3.15. The lowest BCUT2D eigenvalue weighted by Gasteiger charge is -2.08. The lowest BCUT2D eigenvalue weighted by atomic mass is 10.3. The van der Waals surface area contributed by atoms with Crippen LogP contribution in [0.2, 0.25) is 0 Å². The number of amides is 1. The van der Waals surface area contributed by atoms with Gasteiger partial charge in [-0.1, -0.05) is 12.1 Å². The van der Waals surface area contributed by atoms with Gasteiger partial charge in [0.15, 0.2) is 0 Å². The lowest BCUT2D eigenvalue weighted by molar-refractivity contribution is -0.116. The van der Waals surface area contributed by atoms with E-state index < -0.39 is 0 Å². The summed E-state index contributed by atoms with van der Waals surface area (Å²) in [4.78, 5) is 16.2. The minimum Gasteiger partial charge on any atom is -0.439 e. The summed E-state index contributed by atoms with van der Waals surface area (Å²) in [6.45, 7) is 2.51. The predicted octanol–water partition coefficient (Wildman–Crippen LogP) is 3.41. The summed E-state index contributed by atoms with van der Waals surface area (Å²) in [5.41, 5.74) is 1.76. The first-order chi connectivity index (χ1) is 11.7. The molecule has 0 aliphatic heterocycles. The molecule has 0 bridgehead atoms. The Morgan fingerprint density at radius 2 is 2.17 bits per heavy atom. The molecule has 2 heterocycles. The number of aryl methyl sites for hydroxylation is 2. The molecule has 0 aliphatic rings. The van der Waals surface area contributed by atoms with Crippen LogP contribution in [0.25, 0.3) is 0 Å². The van der Waals surface area contributed by atoms with Crippen LogP contribution < -0.4 is 10.1 Å². The molecule has 6 heteroatoms. The van der Waals surface area contributed by atoms with Crippen LogP contribution in [0.1, 0.15) is 12.0 Å².